The van der Waals surface area contributed by atoms with E-state index in [9.17, 15) is 4.79 Å². The van der Waals surface area contributed by atoms with Gasteiger partial charge >= 0.3 is 5.97 Å². The SMILES string of the molecule is CCCCCCCOC(=O)C(I)CC. The number of alkyl halides is 1. The first-order valence-corrected chi connectivity index (χ1v) is 6.77. The molecule has 0 bridgehead atoms. The third kappa shape index (κ3) is 7.59. The summed E-state index contributed by atoms with van der Waals surface area (Å²) in [6, 6.07) is 0. The first-order chi connectivity index (χ1) is 6.72. The van der Waals surface area contributed by atoms with E-state index < -0.39 is 0 Å². The Bertz CT molecular complexity index is 148. The van der Waals surface area contributed by atoms with Crippen LogP contribution in [-0.4, -0.2) is 16.5 Å². The largest absolute Gasteiger partial charge is 0.465 e. The minimum atomic E-state index is -0.0522. The molecule has 0 aromatic heterocycles. The lowest BCUT2D eigenvalue weighted by Gasteiger charge is -2.07. The second-order valence-electron chi connectivity index (χ2n) is 3.46. The Balaban J connectivity index is 3.23. The Morgan fingerprint density at radius 2 is 1.86 bits per heavy atom. The van der Waals surface area contributed by atoms with Gasteiger partial charge in [0.15, 0.2) is 0 Å². The van der Waals surface area contributed by atoms with Crippen LogP contribution in [0.5, 0.6) is 0 Å². The first-order valence-electron chi connectivity index (χ1n) is 5.53. The third-order valence-corrected chi connectivity index (χ3v) is 3.50. The molecule has 0 heterocycles. The summed E-state index contributed by atoms with van der Waals surface area (Å²) in [7, 11) is 0. The minimum Gasteiger partial charge on any atom is -0.465 e. The van der Waals surface area contributed by atoms with Gasteiger partial charge in [-0.3, -0.25) is 4.79 Å². The fraction of sp³-hybridized carbons (Fsp3) is 0.909. The first kappa shape index (κ1) is 14.2. The van der Waals surface area contributed by atoms with Crippen LogP contribution >= 0.6 is 22.6 Å². The zero-order chi connectivity index (χ0) is 10.8. The van der Waals surface area contributed by atoms with Gasteiger partial charge in [0.25, 0.3) is 0 Å². The average molecular weight is 312 g/mol. The molecule has 0 aromatic carbocycles. The number of hydrogen-bond donors (Lipinski definition) is 0. The summed E-state index contributed by atoms with van der Waals surface area (Å²) in [5.41, 5.74) is 0. The second-order valence-corrected chi connectivity index (χ2v) is 4.96. The Morgan fingerprint density at radius 3 is 2.43 bits per heavy atom. The number of carbonyl (C=O) groups excluding carboxylic acids is 1. The molecule has 84 valence electrons. The van der Waals surface area contributed by atoms with Crippen LogP contribution in [0.2, 0.25) is 0 Å². The molecule has 2 nitrogen and oxygen atoms in total. The highest BCUT2D eigenvalue weighted by atomic mass is 127. The predicted molar refractivity (Wildman–Crippen MR) is 67.8 cm³/mol. The maximum absolute atomic E-state index is 11.2. The third-order valence-electron chi connectivity index (χ3n) is 2.11. The molecule has 0 fully saturated rings. The molecule has 0 radical (unpaired) electrons. The van der Waals surface area contributed by atoms with Crippen LogP contribution in [0.3, 0.4) is 0 Å². The highest BCUT2D eigenvalue weighted by Gasteiger charge is 2.12. The van der Waals surface area contributed by atoms with Crippen LogP contribution in [-0.2, 0) is 9.53 Å². The van der Waals surface area contributed by atoms with Crippen molar-refractivity contribution < 1.29 is 9.53 Å². The van der Waals surface area contributed by atoms with E-state index in [-0.39, 0.29) is 9.89 Å². The van der Waals surface area contributed by atoms with E-state index in [0.29, 0.717) is 6.61 Å². The molecule has 3 heteroatoms. The van der Waals surface area contributed by atoms with Crippen molar-refractivity contribution in [3.63, 3.8) is 0 Å². The van der Waals surface area contributed by atoms with Gasteiger partial charge in [-0.25, -0.2) is 0 Å². The number of hydrogen-bond acceptors (Lipinski definition) is 2. The van der Waals surface area contributed by atoms with E-state index in [1.165, 1.54) is 25.7 Å². The molecule has 14 heavy (non-hydrogen) atoms. The molecular formula is C11H21IO2. The summed E-state index contributed by atoms with van der Waals surface area (Å²) in [6.45, 7) is 4.80. The summed E-state index contributed by atoms with van der Waals surface area (Å²) in [5, 5.41) is 0. The summed E-state index contributed by atoms with van der Waals surface area (Å²) in [4.78, 5) is 11.2. The molecule has 0 N–H and O–H groups in total. The quantitative estimate of drug-likeness (QED) is 0.295. The van der Waals surface area contributed by atoms with Crippen molar-refractivity contribution in [2.24, 2.45) is 0 Å². The van der Waals surface area contributed by atoms with Gasteiger partial charge in [0.05, 0.1) is 6.61 Å². The Labute approximate surface area is 101 Å². The monoisotopic (exact) mass is 312 g/mol. The number of unbranched alkanes of at least 4 members (excludes halogenated alkanes) is 4. The summed E-state index contributed by atoms with van der Waals surface area (Å²) in [6.07, 6.45) is 6.85. The van der Waals surface area contributed by atoms with Gasteiger partial charge in [-0.2, -0.15) is 0 Å². The number of rotatable bonds is 8. The second kappa shape index (κ2) is 9.74. The maximum Gasteiger partial charge on any atom is 0.318 e. The summed E-state index contributed by atoms with van der Waals surface area (Å²) < 4.78 is 5.16. The van der Waals surface area contributed by atoms with Crippen molar-refractivity contribution in [1.29, 1.82) is 0 Å². The number of halogens is 1. The van der Waals surface area contributed by atoms with E-state index >= 15 is 0 Å². The number of carbonyl (C=O) groups is 1. The fourth-order valence-electron chi connectivity index (χ4n) is 1.14. The smallest absolute Gasteiger partial charge is 0.318 e. The normalized spacial score (nSPS) is 12.5. The molecule has 0 aromatic rings. The average Bonchev–Trinajstić information content (AvgIpc) is 2.21. The number of ether oxygens (including phenoxy) is 1. The van der Waals surface area contributed by atoms with E-state index in [1.807, 2.05) is 6.92 Å². The molecular weight excluding hydrogens is 291 g/mol. The Hall–Kier alpha value is 0.200. The predicted octanol–water partition coefficient (Wildman–Crippen LogP) is 3.71. The fourth-order valence-corrected chi connectivity index (χ4v) is 1.32. The van der Waals surface area contributed by atoms with Crippen molar-refractivity contribution in [2.45, 2.75) is 56.3 Å². The lowest BCUT2D eigenvalue weighted by Crippen LogP contribution is -2.16. The molecule has 1 unspecified atom stereocenters. The summed E-state index contributed by atoms with van der Waals surface area (Å²) in [5.74, 6) is -0.0522. The molecule has 0 aliphatic rings. The van der Waals surface area contributed by atoms with Gasteiger partial charge in [-0.05, 0) is 12.8 Å². The molecule has 0 aliphatic heterocycles. The van der Waals surface area contributed by atoms with Gasteiger partial charge in [-0.1, -0.05) is 62.1 Å². The lowest BCUT2D eigenvalue weighted by atomic mass is 10.2. The standard InChI is InChI=1S/C11H21IO2/c1-3-5-6-7-8-9-14-11(13)10(12)4-2/h10H,3-9H2,1-2H3. The topological polar surface area (TPSA) is 26.3 Å². The van der Waals surface area contributed by atoms with Crippen LogP contribution < -0.4 is 0 Å². The van der Waals surface area contributed by atoms with Crippen LogP contribution in [0.15, 0.2) is 0 Å². The minimum absolute atomic E-state index is 0.0308. The van der Waals surface area contributed by atoms with Gasteiger partial charge in [0, 0.05) is 0 Å². The van der Waals surface area contributed by atoms with Crippen LogP contribution in [0.25, 0.3) is 0 Å². The van der Waals surface area contributed by atoms with Crippen LogP contribution in [0.4, 0.5) is 0 Å². The number of esters is 1. The Kier molecular flexibility index (Phi) is 9.88. The molecule has 0 amide bonds. The highest BCUT2D eigenvalue weighted by Crippen LogP contribution is 2.08. The molecule has 0 spiro atoms. The van der Waals surface area contributed by atoms with Gasteiger partial charge in [-0.15, -0.1) is 0 Å². The van der Waals surface area contributed by atoms with Crippen molar-refractivity contribution in [3.8, 4) is 0 Å². The molecule has 0 saturated heterocycles. The van der Waals surface area contributed by atoms with E-state index in [1.54, 1.807) is 0 Å². The van der Waals surface area contributed by atoms with E-state index in [0.717, 1.165) is 12.8 Å². The molecule has 0 saturated carbocycles. The molecule has 0 aliphatic carbocycles. The zero-order valence-corrected chi connectivity index (χ0v) is 11.4. The molecule has 1 atom stereocenters. The van der Waals surface area contributed by atoms with Crippen LogP contribution in [0, 0.1) is 0 Å². The van der Waals surface area contributed by atoms with E-state index in [2.05, 4.69) is 29.5 Å². The summed E-state index contributed by atoms with van der Waals surface area (Å²) >= 11 is 2.13. The molecule has 0 rings (SSSR count). The van der Waals surface area contributed by atoms with Gasteiger partial charge in [0.1, 0.15) is 3.92 Å². The van der Waals surface area contributed by atoms with Crippen molar-refractivity contribution in [2.75, 3.05) is 6.61 Å². The highest BCUT2D eigenvalue weighted by molar-refractivity contribution is 14.1. The zero-order valence-electron chi connectivity index (χ0n) is 9.22. The van der Waals surface area contributed by atoms with Crippen molar-refractivity contribution in [3.05, 3.63) is 0 Å². The van der Waals surface area contributed by atoms with Crippen molar-refractivity contribution >= 4 is 28.6 Å². The Morgan fingerprint density at radius 1 is 1.21 bits per heavy atom. The van der Waals surface area contributed by atoms with Crippen molar-refractivity contribution in [1.82, 2.24) is 0 Å². The van der Waals surface area contributed by atoms with E-state index in [4.69, 9.17) is 4.74 Å². The van der Waals surface area contributed by atoms with Crippen LogP contribution in [0.1, 0.15) is 52.4 Å². The maximum atomic E-state index is 11.2. The lowest BCUT2D eigenvalue weighted by molar-refractivity contribution is -0.142. The van der Waals surface area contributed by atoms with Gasteiger partial charge in [0.2, 0.25) is 0 Å². The van der Waals surface area contributed by atoms with Gasteiger partial charge < -0.3 is 4.74 Å².